The number of pyridine rings is 1. The molecule has 0 saturated heterocycles. The number of carbonyl (C=O) groups is 1. The van der Waals surface area contributed by atoms with Gasteiger partial charge < -0.3 is 24.5 Å². The van der Waals surface area contributed by atoms with Crippen molar-refractivity contribution in [3.05, 3.63) is 94.3 Å². The van der Waals surface area contributed by atoms with Crippen LogP contribution in [0.1, 0.15) is 23.5 Å². The van der Waals surface area contributed by atoms with Gasteiger partial charge >= 0.3 is 5.97 Å². The van der Waals surface area contributed by atoms with E-state index < -0.39 is 34.6 Å². The summed E-state index contributed by atoms with van der Waals surface area (Å²) < 4.78 is 11.0. The molecule has 0 aliphatic heterocycles. The number of carbonyl (C=O) groups excluding carboxylic acids is 1. The molecule has 2 aromatic heterocycles. The zero-order chi connectivity index (χ0) is 25.4. The maximum atomic E-state index is 13.1. The SMILES string of the molecule is COC(=O)CC(c1ccc2ncccc2c1)c1c(O)c(O)c(O)c2c(=O)cc(-c3ccccc3)oc12. The smallest absolute Gasteiger partial charge is 0.306 e. The van der Waals surface area contributed by atoms with Crippen LogP contribution in [0, 0.1) is 0 Å². The Balaban J connectivity index is 1.85. The molecule has 0 radical (unpaired) electrons. The molecule has 3 aromatic carbocycles. The van der Waals surface area contributed by atoms with Gasteiger partial charge in [0.15, 0.2) is 16.9 Å². The topological polar surface area (TPSA) is 130 Å². The summed E-state index contributed by atoms with van der Waals surface area (Å²) in [6.07, 6.45) is 1.42. The summed E-state index contributed by atoms with van der Waals surface area (Å²) in [6, 6.07) is 19.0. The second kappa shape index (κ2) is 9.07. The summed E-state index contributed by atoms with van der Waals surface area (Å²) >= 11 is 0. The van der Waals surface area contributed by atoms with Crippen LogP contribution in [0.4, 0.5) is 0 Å². The van der Waals surface area contributed by atoms with Crippen molar-refractivity contribution in [3.8, 4) is 28.6 Å². The summed E-state index contributed by atoms with van der Waals surface area (Å²) in [4.78, 5) is 29.9. The Morgan fingerprint density at radius 3 is 2.50 bits per heavy atom. The van der Waals surface area contributed by atoms with Gasteiger partial charge in [0.25, 0.3) is 0 Å². The van der Waals surface area contributed by atoms with E-state index in [2.05, 4.69) is 4.98 Å². The highest BCUT2D eigenvalue weighted by Crippen LogP contribution is 2.49. The van der Waals surface area contributed by atoms with Crippen LogP contribution < -0.4 is 5.43 Å². The molecule has 1 atom stereocenters. The van der Waals surface area contributed by atoms with Crippen LogP contribution in [0.5, 0.6) is 17.2 Å². The average Bonchev–Trinajstić information content (AvgIpc) is 2.91. The van der Waals surface area contributed by atoms with E-state index in [0.717, 1.165) is 10.9 Å². The number of aromatic nitrogens is 1. The lowest BCUT2D eigenvalue weighted by molar-refractivity contribution is -0.140. The molecule has 0 aliphatic rings. The van der Waals surface area contributed by atoms with E-state index in [1.54, 1.807) is 54.7 Å². The van der Waals surface area contributed by atoms with Crippen molar-refractivity contribution in [1.82, 2.24) is 4.98 Å². The van der Waals surface area contributed by atoms with Gasteiger partial charge in [-0.25, -0.2) is 0 Å². The zero-order valence-electron chi connectivity index (χ0n) is 19.1. The minimum absolute atomic E-state index is 0.0242. The third-order valence-corrected chi connectivity index (χ3v) is 6.17. The van der Waals surface area contributed by atoms with Gasteiger partial charge in [-0.1, -0.05) is 42.5 Å². The van der Waals surface area contributed by atoms with Crippen molar-refractivity contribution in [3.63, 3.8) is 0 Å². The van der Waals surface area contributed by atoms with Gasteiger partial charge in [0.1, 0.15) is 16.7 Å². The van der Waals surface area contributed by atoms with E-state index in [4.69, 9.17) is 9.15 Å². The molecule has 1 unspecified atom stereocenters. The van der Waals surface area contributed by atoms with Gasteiger partial charge in [0.2, 0.25) is 5.75 Å². The number of fused-ring (bicyclic) bond motifs is 2. The third-order valence-electron chi connectivity index (χ3n) is 6.17. The first-order chi connectivity index (χ1) is 17.4. The number of benzene rings is 3. The zero-order valence-corrected chi connectivity index (χ0v) is 19.1. The normalized spacial score (nSPS) is 12.0. The molecule has 180 valence electrons. The number of rotatable bonds is 5. The van der Waals surface area contributed by atoms with Gasteiger partial charge in [-0.3, -0.25) is 14.6 Å². The Kier molecular flexibility index (Phi) is 5.77. The Labute approximate surface area is 204 Å². The van der Waals surface area contributed by atoms with Crippen molar-refractivity contribution in [2.24, 2.45) is 0 Å². The quantitative estimate of drug-likeness (QED) is 0.240. The van der Waals surface area contributed by atoms with Crippen molar-refractivity contribution in [2.45, 2.75) is 12.3 Å². The standard InChI is InChI=1S/C28H21NO7/c1-35-22(31)13-18(16-9-10-19-17(12-16)8-5-11-29-19)23-25(32)27(34)26(33)24-20(30)14-21(36-28(23)24)15-6-3-2-4-7-15/h2-12,14,18,32-34H,13H2,1H3. The number of esters is 1. The van der Waals surface area contributed by atoms with E-state index in [-0.39, 0.29) is 28.7 Å². The Bertz CT molecular complexity index is 1680. The van der Waals surface area contributed by atoms with E-state index in [1.165, 1.54) is 13.2 Å². The molecule has 0 saturated carbocycles. The van der Waals surface area contributed by atoms with Gasteiger partial charge in [-0.2, -0.15) is 0 Å². The summed E-state index contributed by atoms with van der Waals surface area (Å²) in [7, 11) is 1.24. The highest BCUT2D eigenvalue weighted by atomic mass is 16.5. The number of hydrogen-bond donors (Lipinski definition) is 3. The number of ether oxygens (including phenoxy) is 1. The third kappa shape index (κ3) is 3.88. The first-order valence-corrected chi connectivity index (χ1v) is 11.1. The van der Waals surface area contributed by atoms with Gasteiger partial charge in [-0.15, -0.1) is 0 Å². The highest BCUT2D eigenvalue weighted by molar-refractivity contribution is 5.94. The lowest BCUT2D eigenvalue weighted by Crippen LogP contribution is -2.12. The summed E-state index contributed by atoms with van der Waals surface area (Å²) in [5.41, 5.74) is 1.10. The molecule has 8 nitrogen and oxygen atoms in total. The molecule has 36 heavy (non-hydrogen) atoms. The number of phenolic OH excluding ortho intramolecular Hbond substituents is 3. The molecule has 5 rings (SSSR count). The fourth-order valence-electron chi connectivity index (χ4n) is 4.39. The van der Waals surface area contributed by atoms with E-state index in [1.807, 2.05) is 12.1 Å². The van der Waals surface area contributed by atoms with Crippen LogP contribution >= 0.6 is 0 Å². The lowest BCUT2D eigenvalue weighted by atomic mass is 9.85. The summed E-state index contributed by atoms with van der Waals surface area (Å²) in [5.74, 6) is -3.68. The molecule has 0 aliphatic carbocycles. The summed E-state index contributed by atoms with van der Waals surface area (Å²) in [5, 5.41) is 32.6. The van der Waals surface area contributed by atoms with Gasteiger partial charge in [-0.05, 0) is 23.8 Å². The molecule has 8 heteroatoms. The minimum atomic E-state index is -0.898. The molecule has 0 fully saturated rings. The number of aromatic hydroxyl groups is 3. The van der Waals surface area contributed by atoms with Gasteiger partial charge in [0, 0.05) is 34.7 Å². The van der Waals surface area contributed by atoms with Crippen LogP contribution in [-0.2, 0) is 9.53 Å². The second-order valence-corrected chi connectivity index (χ2v) is 8.29. The average molecular weight is 483 g/mol. The predicted molar refractivity (Wildman–Crippen MR) is 133 cm³/mol. The first-order valence-electron chi connectivity index (χ1n) is 11.1. The number of methoxy groups -OCH3 is 1. The molecule has 5 aromatic rings. The van der Waals surface area contributed by atoms with E-state index in [0.29, 0.717) is 11.1 Å². The van der Waals surface area contributed by atoms with Gasteiger partial charge in [0.05, 0.1) is 19.0 Å². The fraction of sp³-hybridized carbons (Fsp3) is 0.107. The Morgan fingerprint density at radius 2 is 1.75 bits per heavy atom. The largest absolute Gasteiger partial charge is 0.504 e. The Hall–Kier alpha value is -4.85. The first kappa shape index (κ1) is 22.9. The van der Waals surface area contributed by atoms with Crippen LogP contribution in [0.25, 0.3) is 33.2 Å². The fourth-order valence-corrected chi connectivity index (χ4v) is 4.39. The Morgan fingerprint density at radius 1 is 0.972 bits per heavy atom. The molecule has 0 amide bonds. The molecule has 0 spiro atoms. The number of hydrogen-bond acceptors (Lipinski definition) is 8. The molecular weight excluding hydrogens is 462 g/mol. The van der Waals surface area contributed by atoms with E-state index >= 15 is 0 Å². The van der Waals surface area contributed by atoms with E-state index in [9.17, 15) is 24.9 Å². The van der Waals surface area contributed by atoms with Crippen molar-refractivity contribution < 1.29 is 29.3 Å². The van der Waals surface area contributed by atoms with Crippen LogP contribution in [0.3, 0.4) is 0 Å². The predicted octanol–water partition coefficient (Wildman–Crippen LogP) is 4.82. The number of nitrogens with zero attached hydrogens (tertiary/aromatic N) is 1. The lowest BCUT2D eigenvalue weighted by Gasteiger charge is -2.21. The molecule has 3 N–H and O–H groups in total. The summed E-state index contributed by atoms with van der Waals surface area (Å²) in [6.45, 7) is 0. The maximum absolute atomic E-state index is 13.1. The monoisotopic (exact) mass is 483 g/mol. The van der Waals surface area contributed by atoms with Crippen LogP contribution in [-0.4, -0.2) is 33.4 Å². The highest BCUT2D eigenvalue weighted by Gasteiger charge is 2.31. The van der Waals surface area contributed by atoms with Crippen molar-refractivity contribution >= 4 is 27.8 Å². The molecular formula is C28H21NO7. The van der Waals surface area contributed by atoms with Crippen molar-refractivity contribution in [1.29, 1.82) is 0 Å². The number of phenols is 3. The van der Waals surface area contributed by atoms with Crippen molar-refractivity contribution in [2.75, 3.05) is 7.11 Å². The van der Waals surface area contributed by atoms with Crippen LogP contribution in [0.2, 0.25) is 0 Å². The second-order valence-electron chi connectivity index (χ2n) is 8.29. The molecule has 0 bridgehead atoms. The minimum Gasteiger partial charge on any atom is -0.504 e. The molecule has 2 heterocycles. The maximum Gasteiger partial charge on any atom is 0.306 e. The van der Waals surface area contributed by atoms with Crippen LogP contribution in [0.15, 0.2) is 82.1 Å².